The third-order valence-corrected chi connectivity index (χ3v) is 3.65. The van der Waals surface area contributed by atoms with Gasteiger partial charge in [-0.2, -0.15) is 4.40 Å². The molecule has 22 heavy (non-hydrogen) atoms. The normalized spacial score (nSPS) is 12.2. The van der Waals surface area contributed by atoms with Gasteiger partial charge in [-0.25, -0.2) is 4.21 Å². The van der Waals surface area contributed by atoms with Crippen molar-refractivity contribution in [2.75, 3.05) is 0 Å². The largest absolute Gasteiger partial charge is 0.294 e. The molecule has 8 nitrogen and oxygen atoms in total. The fraction of sp³-hybridized carbons (Fsp3) is 0. The van der Waals surface area contributed by atoms with Gasteiger partial charge in [-0.3, -0.25) is 20.2 Å². The van der Waals surface area contributed by atoms with E-state index in [0.29, 0.717) is 5.56 Å². The monoisotopic (exact) mass is 319 g/mol. The highest BCUT2D eigenvalue weighted by atomic mass is 32.2. The highest BCUT2D eigenvalue weighted by Gasteiger charge is 2.22. The summed E-state index contributed by atoms with van der Waals surface area (Å²) in [4.78, 5) is 19.8. The van der Waals surface area contributed by atoms with E-state index in [2.05, 4.69) is 4.40 Å². The summed E-state index contributed by atoms with van der Waals surface area (Å²) in [5.74, 6) is 0. The van der Waals surface area contributed by atoms with Gasteiger partial charge in [-0.15, -0.1) is 0 Å². The van der Waals surface area contributed by atoms with Crippen LogP contribution >= 0.6 is 0 Å². The molecule has 1 atom stereocenters. The van der Waals surface area contributed by atoms with E-state index >= 15 is 0 Å². The zero-order valence-corrected chi connectivity index (χ0v) is 11.8. The quantitative estimate of drug-likeness (QED) is 0.477. The second-order valence-electron chi connectivity index (χ2n) is 4.06. The van der Waals surface area contributed by atoms with Gasteiger partial charge in [0.05, 0.1) is 15.9 Å². The summed E-state index contributed by atoms with van der Waals surface area (Å²) in [6, 6.07) is 11.7. The van der Waals surface area contributed by atoms with Crippen LogP contribution in [0.5, 0.6) is 0 Å². The molecule has 112 valence electrons. The molecule has 1 unspecified atom stereocenters. The Kier molecular flexibility index (Phi) is 4.69. The van der Waals surface area contributed by atoms with Gasteiger partial charge in [-0.05, 0) is 11.6 Å². The molecule has 0 spiro atoms. The lowest BCUT2D eigenvalue weighted by atomic mass is 10.2. The maximum atomic E-state index is 12.1. The molecule has 0 fully saturated rings. The molecule has 0 N–H and O–H groups in total. The van der Waals surface area contributed by atoms with Crippen molar-refractivity contribution in [2.24, 2.45) is 4.40 Å². The highest BCUT2D eigenvalue weighted by molar-refractivity contribution is 7.84. The first-order valence-corrected chi connectivity index (χ1v) is 7.03. The number of hydrogen-bond acceptors (Lipinski definition) is 5. The van der Waals surface area contributed by atoms with E-state index in [9.17, 15) is 24.4 Å². The Hall–Kier alpha value is -2.94. The molecule has 0 bridgehead atoms. The lowest BCUT2D eigenvalue weighted by Crippen LogP contribution is -1.99. The highest BCUT2D eigenvalue weighted by Crippen LogP contribution is 2.27. The lowest BCUT2D eigenvalue weighted by molar-refractivity contribution is -0.396. The van der Waals surface area contributed by atoms with Crippen LogP contribution in [0.2, 0.25) is 0 Å². The Morgan fingerprint density at radius 1 is 1.00 bits per heavy atom. The molecule has 0 heterocycles. The van der Waals surface area contributed by atoms with Crippen LogP contribution < -0.4 is 0 Å². The number of hydrogen-bond donors (Lipinski definition) is 0. The van der Waals surface area contributed by atoms with E-state index in [1.165, 1.54) is 6.21 Å². The Bertz CT molecular complexity index is 776. The van der Waals surface area contributed by atoms with Crippen molar-refractivity contribution < 1.29 is 14.1 Å². The SMILES string of the molecule is O=[N+]([O-])c1ccc(S(=O)N=Cc2ccccc2)c([N+](=O)[O-])c1. The van der Waals surface area contributed by atoms with Crippen LogP contribution in [0, 0.1) is 20.2 Å². The second-order valence-corrected chi connectivity index (χ2v) is 5.21. The van der Waals surface area contributed by atoms with Crippen LogP contribution in [-0.2, 0) is 11.0 Å². The van der Waals surface area contributed by atoms with Gasteiger partial charge in [0.2, 0.25) is 0 Å². The van der Waals surface area contributed by atoms with E-state index in [1.807, 2.05) is 0 Å². The number of rotatable bonds is 5. The molecular formula is C13H9N3O5S. The molecule has 0 aliphatic rings. The van der Waals surface area contributed by atoms with Gasteiger partial charge < -0.3 is 0 Å². The zero-order chi connectivity index (χ0) is 16.1. The number of nitro groups is 2. The van der Waals surface area contributed by atoms with Crippen LogP contribution in [0.3, 0.4) is 0 Å². The van der Waals surface area contributed by atoms with E-state index in [1.54, 1.807) is 30.3 Å². The zero-order valence-electron chi connectivity index (χ0n) is 11.0. The van der Waals surface area contributed by atoms with Crippen LogP contribution in [0.4, 0.5) is 11.4 Å². The molecule has 2 aromatic rings. The van der Waals surface area contributed by atoms with E-state index in [0.717, 1.165) is 18.2 Å². The summed E-state index contributed by atoms with van der Waals surface area (Å²) < 4.78 is 15.8. The minimum atomic E-state index is -2.03. The number of nitrogens with zero attached hydrogens (tertiary/aromatic N) is 3. The van der Waals surface area contributed by atoms with E-state index < -0.39 is 32.2 Å². The van der Waals surface area contributed by atoms with Crippen molar-refractivity contribution in [3.63, 3.8) is 0 Å². The predicted molar refractivity (Wildman–Crippen MR) is 80.2 cm³/mol. The minimum Gasteiger partial charge on any atom is -0.258 e. The van der Waals surface area contributed by atoms with Gasteiger partial charge >= 0.3 is 0 Å². The van der Waals surface area contributed by atoms with Gasteiger partial charge in [0.15, 0.2) is 11.0 Å². The van der Waals surface area contributed by atoms with Crippen LogP contribution in [0.1, 0.15) is 5.56 Å². The van der Waals surface area contributed by atoms with Gasteiger partial charge in [-0.1, -0.05) is 30.3 Å². The van der Waals surface area contributed by atoms with E-state index in [-0.39, 0.29) is 4.90 Å². The molecule has 0 radical (unpaired) electrons. The summed E-state index contributed by atoms with van der Waals surface area (Å²) in [5, 5.41) is 21.6. The molecule has 0 amide bonds. The Morgan fingerprint density at radius 3 is 2.27 bits per heavy atom. The van der Waals surface area contributed by atoms with Crippen molar-refractivity contribution in [3.8, 4) is 0 Å². The van der Waals surface area contributed by atoms with E-state index in [4.69, 9.17) is 0 Å². The lowest BCUT2D eigenvalue weighted by Gasteiger charge is -1.99. The molecule has 0 aliphatic carbocycles. The fourth-order valence-corrected chi connectivity index (χ4v) is 2.44. The number of benzene rings is 2. The van der Waals surface area contributed by atoms with Crippen LogP contribution in [0.15, 0.2) is 57.8 Å². The van der Waals surface area contributed by atoms with Crippen molar-refractivity contribution in [1.82, 2.24) is 0 Å². The molecule has 0 aliphatic heterocycles. The third kappa shape index (κ3) is 3.58. The Morgan fingerprint density at radius 2 is 1.68 bits per heavy atom. The van der Waals surface area contributed by atoms with Gasteiger partial charge in [0, 0.05) is 12.3 Å². The van der Waals surface area contributed by atoms with Crippen molar-refractivity contribution >= 4 is 28.6 Å². The fourth-order valence-electron chi connectivity index (χ4n) is 1.61. The predicted octanol–water partition coefficient (Wildman–Crippen LogP) is 2.64. The maximum Gasteiger partial charge on any atom is 0.294 e. The topological polar surface area (TPSA) is 116 Å². The second kappa shape index (κ2) is 6.68. The van der Waals surface area contributed by atoms with Crippen molar-refractivity contribution in [1.29, 1.82) is 0 Å². The standard InChI is InChI=1S/C13H9N3O5S/c17-15(18)11-6-7-13(12(8-11)16(19)20)22(21)14-9-10-4-2-1-3-5-10/h1-9H. The summed E-state index contributed by atoms with van der Waals surface area (Å²) in [5.41, 5.74) is -0.363. The molecule has 2 aromatic carbocycles. The summed E-state index contributed by atoms with van der Waals surface area (Å²) in [6.07, 6.45) is 1.32. The number of nitro benzene ring substituents is 2. The first kappa shape index (κ1) is 15.4. The first-order chi connectivity index (χ1) is 10.5. The Labute approximate surface area is 127 Å². The minimum absolute atomic E-state index is 0.192. The first-order valence-electron chi connectivity index (χ1n) is 5.93. The molecule has 0 aromatic heterocycles. The molecule has 2 rings (SSSR count). The molecule has 9 heteroatoms. The summed E-state index contributed by atoms with van der Waals surface area (Å²) in [7, 11) is -2.03. The van der Waals surface area contributed by atoms with Gasteiger partial charge in [0.25, 0.3) is 11.4 Å². The van der Waals surface area contributed by atoms with Crippen molar-refractivity contribution in [3.05, 3.63) is 74.3 Å². The molecular weight excluding hydrogens is 310 g/mol. The maximum absolute atomic E-state index is 12.1. The molecule has 0 saturated heterocycles. The van der Waals surface area contributed by atoms with Crippen LogP contribution in [-0.4, -0.2) is 20.3 Å². The third-order valence-electron chi connectivity index (χ3n) is 2.64. The van der Waals surface area contributed by atoms with Crippen LogP contribution in [0.25, 0.3) is 0 Å². The van der Waals surface area contributed by atoms with Crippen molar-refractivity contribution in [2.45, 2.75) is 4.90 Å². The smallest absolute Gasteiger partial charge is 0.258 e. The Balaban J connectivity index is 2.35. The average Bonchev–Trinajstić information content (AvgIpc) is 2.52. The number of non-ortho nitro benzene ring substituents is 1. The summed E-state index contributed by atoms with van der Waals surface area (Å²) >= 11 is 0. The average molecular weight is 319 g/mol. The van der Waals surface area contributed by atoms with Gasteiger partial charge in [0.1, 0.15) is 4.90 Å². The summed E-state index contributed by atoms with van der Waals surface area (Å²) in [6.45, 7) is 0. The molecule has 0 saturated carbocycles.